The van der Waals surface area contributed by atoms with E-state index < -0.39 is 15.2 Å². The topological polar surface area (TPSA) is 65.0 Å². The summed E-state index contributed by atoms with van der Waals surface area (Å²) in [6.45, 7) is 1.81. The van der Waals surface area contributed by atoms with Crippen LogP contribution >= 0.6 is 130 Å². The van der Waals surface area contributed by atoms with Gasteiger partial charge in [-0.2, -0.15) is 0 Å². The van der Waals surface area contributed by atoms with Gasteiger partial charge in [-0.25, -0.2) is 9.59 Å². The second kappa shape index (κ2) is 19.8. The number of thiol groups is 1. The molecule has 0 N–H and O–H groups in total. The van der Waals surface area contributed by atoms with Crippen LogP contribution in [0.25, 0.3) is 0 Å². The number of halogens is 9. The molecule has 0 aliphatic rings. The molecule has 0 aromatic heterocycles. The molecular formula is C19H16BBr3Cl6NO4S. The fourth-order valence-corrected chi connectivity index (χ4v) is 4.57. The van der Waals surface area contributed by atoms with E-state index in [1.54, 1.807) is 12.1 Å². The van der Waals surface area contributed by atoms with Gasteiger partial charge in [-0.15, -0.1) is 0 Å². The van der Waals surface area contributed by atoms with Crippen molar-refractivity contribution in [3.8, 4) is 0 Å². The Balaban J connectivity index is 0. The fourth-order valence-electron chi connectivity index (χ4n) is 2.13. The van der Waals surface area contributed by atoms with Crippen LogP contribution in [-0.4, -0.2) is 37.0 Å². The summed E-state index contributed by atoms with van der Waals surface area (Å²) in [5, 5.41) is 1.34. The number of carbonyl (C=O) groups excluding carboxylic acids is 2. The van der Waals surface area contributed by atoms with Crippen LogP contribution in [0.15, 0.2) is 37.5 Å². The van der Waals surface area contributed by atoms with Crippen molar-refractivity contribution in [2.24, 2.45) is 4.30 Å². The summed E-state index contributed by atoms with van der Waals surface area (Å²) in [5.74, 6) is -0.827. The number of esters is 2. The Bertz CT molecular complexity index is 986. The van der Waals surface area contributed by atoms with Gasteiger partial charge in [0.05, 0.1) is 35.4 Å². The molecule has 0 amide bonds. The van der Waals surface area contributed by atoms with Crippen LogP contribution < -0.4 is 0 Å². The van der Waals surface area contributed by atoms with Crippen molar-refractivity contribution in [1.82, 2.24) is 0 Å². The number of rotatable bonds is 3. The van der Waals surface area contributed by atoms with Gasteiger partial charge in [-0.3, -0.25) is 0 Å². The molecular weight excluding hydrogens is 802 g/mol. The number of aryl methyl sites for hydroxylation is 1. The van der Waals surface area contributed by atoms with Crippen LogP contribution in [-0.2, 0) is 14.8 Å². The molecule has 35 heavy (non-hydrogen) atoms. The average molecular weight is 818 g/mol. The van der Waals surface area contributed by atoms with E-state index in [1.165, 1.54) is 14.2 Å². The Labute approximate surface area is 265 Å². The first kappa shape index (κ1) is 37.9. The Morgan fingerprint density at radius 1 is 0.943 bits per heavy atom. The van der Waals surface area contributed by atoms with E-state index in [0.717, 1.165) is 20.1 Å². The van der Waals surface area contributed by atoms with E-state index in [-0.39, 0.29) is 0 Å². The molecule has 2 aromatic rings. The third-order valence-corrected chi connectivity index (χ3v) is 5.43. The van der Waals surface area contributed by atoms with Crippen LogP contribution in [0.2, 0.25) is 10.0 Å². The number of hydrogen-bond donors (Lipinski definition) is 1. The van der Waals surface area contributed by atoms with Gasteiger partial charge in [0.2, 0.25) is 0 Å². The predicted octanol–water partition coefficient (Wildman–Crippen LogP) is 9.72. The van der Waals surface area contributed by atoms with E-state index in [2.05, 4.69) is 82.0 Å². The summed E-state index contributed by atoms with van der Waals surface area (Å²) in [4.78, 5) is 22.6. The fraction of sp³-hybridized carbons (Fsp3) is 0.263. The van der Waals surface area contributed by atoms with Crippen molar-refractivity contribution >= 4 is 150 Å². The second-order valence-corrected chi connectivity index (χ2v) is 12.5. The molecule has 193 valence electrons. The van der Waals surface area contributed by atoms with Crippen molar-refractivity contribution in [3.05, 3.63) is 65.5 Å². The molecule has 0 saturated heterocycles. The molecule has 0 atom stereocenters. The van der Waals surface area contributed by atoms with Crippen LogP contribution in [0.5, 0.6) is 0 Å². The molecule has 1 radical (unpaired) electrons. The zero-order valence-electron chi connectivity index (χ0n) is 18.0. The summed E-state index contributed by atoms with van der Waals surface area (Å²) in [5.41, 5.74) is 2.43. The molecule has 2 aromatic carbocycles. The normalized spacial score (nSPS) is 9.71. The van der Waals surface area contributed by atoms with Gasteiger partial charge in [0, 0.05) is 14.3 Å². The third kappa shape index (κ3) is 17.1. The molecule has 0 heterocycles. The first-order valence-electron chi connectivity index (χ1n) is 8.53. The van der Waals surface area contributed by atoms with Crippen molar-refractivity contribution in [2.45, 2.75) is 15.5 Å². The van der Waals surface area contributed by atoms with Crippen molar-refractivity contribution in [2.75, 3.05) is 14.2 Å². The molecule has 0 spiro atoms. The van der Waals surface area contributed by atoms with Gasteiger partial charge < -0.3 is 9.47 Å². The number of ether oxygens (including phenoxy) is 2. The van der Waals surface area contributed by atoms with Gasteiger partial charge in [0.1, 0.15) is 0 Å². The molecule has 0 bridgehead atoms. The molecule has 16 heteroatoms. The Morgan fingerprint density at radius 2 is 1.29 bits per heavy atom. The summed E-state index contributed by atoms with van der Waals surface area (Å²) >= 11 is 44.2. The van der Waals surface area contributed by atoms with E-state index in [0.29, 0.717) is 26.5 Å². The number of benzene rings is 2. The minimum absolute atomic E-state index is 0.390. The van der Waals surface area contributed by atoms with Crippen molar-refractivity contribution in [3.63, 3.8) is 0 Å². The van der Waals surface area contributed by atoms with Crippen LogP contribution in [0.1, 0.15) is 31.8 Å². The Kier molecular flexibility index (Phi) is 21.4. The van der Waals surface area contributed by atoms with Crippen LogP contribution in [0.4, 0.5) is 0 Å². The standard InChI is InChI=1S/C9H7Br2ClO2.C9H8BrClO2.CCl4.BHNS/c1-14-9(13)8-5(4-10)2-6(11)3-7(8)12;1-5-3-6(10)4-7(11)8(5)9(12)13-2;2-1(3,4)5;1-2-3/h2-3H,4H2,1H3;3-4H,1-2H3;;3H. The summed E-state index contributed by atoms with van der Waals surface area (Å²) in [6, 6.07) is 6.98. The molecule has 0 saturated carbocycles. The zero-order valence-corrected chi connectivity index (χ0v) is 28.2. The number of alkyl halides is 5. The first-order chi connectivity index (χ1) is 16.1. The number of hydrogen-bond acceptors (Lipinski definition) is 6. The van der Waals surface area contributed by atoms with Gasteiger partial charge >= 0.3 is 36.7 Å². The summed E-state index contributed by atoms with van der Waals surface area (Å²) < 4.78 is 12.0. The third-order valence-electron chi connectivity index (χ3n) is 3.31. The van der Waals surface area contributed by atoms with E-state index in [9.17, 15) is 9.59 Å². The molecule has 0 unspecified atom stereocenters. The van der Waals surface area contributed by atoms with E-state index >= 15 is 0 Å². The monoisotopic (exact) mass is 812 g/mol. The molecule has 0 fully saturated rings. The minimum atomic E-state index is -1.61. The van der Waals surface area contributed by atoms with Crippen LogP contribution in [0.3, 0.4) is 0 Å². The predicted molar refractivity (Wildman–Crippen MR) is 162 cm³/mol. The second-order valence-electron chi connectivity index (χ2n) is 5.66. The number of carbonyl (C=O) groups is 2. The van der Waals surface area contributed by atoms with Gasteiger partial charge in [-0.05, 0) is 42.3 Å². The van der Waals surface area contributed by atoms with Gasteiger partial charge in [0.25, 0.3) is 3.25 Å². The van der Waals surface area contributed by atoms with Crippen molar-refractivity contribution in [1.29, 1.82) is 0 Å². The molecule has 0 aliphatic carbocycles. The first-order valence-corrected chi connectivity index (χ1v) is 13.9. The van der Waals surface area contributed by atoms with Gasteiger partial charge in [-0.1, -0.05) is 117 Å². The zero-order chi connectivity index (χ0) is 27.9. The molecule has 0 aliphatic heterocycles. The number of methoxy groups -OCH3 is 2. The van der Waals surface area contributed by atoms with Crippen molar-refractivity contribution < 1.29 is 19.1 Å². The Morgan fingerprint density at radius 3 is 1.63 bits per heavy atom. The summed E-state index contributed by atoms with van der Waals surface area (Å²) in [7, 11) is 7.00. The van der Waals surface area contributed by atoms with E-state index in [1.807, 2.05) is 19.1 Å². The summed E-state index contributed by atoms with van der Waals surface area (Å²) in [6.07, 6.45) is 0. The average Bonchev–Trinajstić information content (AvgIpc) is 2.71. The molecule has 5 nitrogen and oxygen atoms in total. The number of nitrogens with zero attached hydrogens (tertiary/aromatic N) is 1. The molecule has 2 rings (SSSR count). The Hall–Kier alpha value is 0.775. The van der Waals surface area contributed by atoms with Gasteiger partial charge in [0.15, 0.2) is 0 Å². The maximum absolute atomic E-state index is 11.4. The van der Waals surface area contributed by atoms with Crippen LogP contribution in [0, 0.1) is 6.92 Å². The quantitative estimate of drug-likeness (QED) is 0.145. The maximum atomic E-state index is 11.4. The van der Waals surface area contributed by atoms with E-state index in [4.69, 9.17) is 69.6 Å². The SMILES string of the molecule is COC(=O)c1c(C)cc(Br)cc1Cl.COC(=O)c1c(Cl)cc(Br)cc1CBr.ClC(Cl)(Cl)Cl.[B]=NS.